The van der Waals surface area contributed by atoms with Crippen LogP contribution in [0.2, 0.25) is 0 Å². The third kappa shape index (κ3) is 2.75. The standard InChI is InChI=1S/C12H18O3.W/c13-9-4-5-10(11(14)8-9)12(15)6-2-1-3-7-12;/h8,10,13,15H,1-7H2;. The first-order valence-electron chi connectivity index (χ1n) is 5.77. The zero-order chi connectivity index (χ0) is 10.9. The van der Waals surface area contributed by atoms with Crippen molar-refractivity contribution in [1.29, 1.82) is 0 Å². The molecule has 4 heteroatoms. The van der Waals surface area contributed by atoms with Gasteiger partial charge in [0.15, 0.2) is 5.78 Å². The van der Waals surface area contributed by atoms with Gasteiger partial charge < -0.3 is 10.2 Å². The SMILES string of the molecule is O=C1C=C(O)CCC1C1(O)CCCCC1.[W]. The molecule has 0 heterocycles. The molecule has 1 fully saturated rings. The Morgan fingerprint density at radius 2 is 1.88 bits per heavy atom. The summed E-state index contributed by atoms with van der Waals surface area (Å²) in [6, 6.07) is 0. The van der Waals surface area contributed by atoms with Gasteiger partial charge in [-0.05, 0) is 19.3 Å². The molecule has 1 atom stereocenters. The Morgan fingerprint density at radius 3 is 2.44 bits per heavy atom. The number of hydrogen-bond acceptors (Lipinski definition) is 3. The Labute approximate surface area is 110 Å². The minimum atomic E-state index is -0.799. The molecule has 0 aromatic rings. The monoisotopic (exact) mass is 394 g/mol. The Balaban J connectivity index is 0.00000128. The van der Waals surface area contributed by atoms with Gasteiger partial charge in [0.2, 0.25) is 0 Å². The first-order valence-corrected chi connectivity index (χ1v) is 5.77. The first kappa shape index (κ1) is 13.9. The largest absolute Gasteiger partial charge is 0.512 e. The molecular weight excluding hydrogens is 376 g/mol. The summed E-state index contributed by atoms with van der Waals surface area (Å²) < 4.78 is 0. The first-order chi connectivity index (χ1) is 7.12. The number of ketones is 1. The maximum atomic E-state index is 11.7. The van der Waals surface area contributed by atoms with Crippen LogP contribution in [-0.2, 0) is 25.9 Å². The van der Waals surface area contributed by atoms with Gasteiger partial charge in [-0.3, -0.25) is 4.79 Å². The minimum absolute atomic E-state index is 0. The van der Waals surface area contributed by atoms with E-state index in [0.29, 0.717) is 12.8 Å². The number of carbonyl (C=O) groups is 1. The maximum Gasteiger partial charge on any atom is 0.164 e. The summed E-state index contributed by atoms with van der Waals surface area (Å²) in [6.07, 6.45) is 7.06. The average Bonchev–Trinajstić information content (AvgIpc) is 2.18. The van der Waals surface area contributed by atoms with Gasteiger partial charge in [0.25, 0.3) is 0 Å². The summed E-state index contributed by atoms with van der Waals surface area (Å²) in [5, 5.41) is 19.7. The molecule has 0 radical (unpaired) electrons. The van der Waals surface area contributed by atoms with Crippen LogP contribution in [0.3, 0.4) is 0 Å². The predicted octanol–water partition coefficient (Wildman–Crippen LogP) is 2.10. The number of carbonyl (C=O) groups excluding carboxylic acids is 1. The number of hydrogen-bond donors (Lipinski definition) is 2. The van der Waals surface area contributed by atoms with Crippen LogP contribution >= 0.6 is 0 Å². The predicted molar refractivity (Wildman–Crippen MR) is 56.5 cm³/mol. The number of rotatable bonds is 1. The van der Waals surface area contributed by atoms with E-state index in [2.05, 4.69) is 0 Å². The Bertz CT molecular complexity index is 293. The van der Waals surface area contributed by atoms with Crippen molar-refractivity contribution in [3.05, 3.63) is 11.8 Å². The van der Waals surface area contributed by atoms with Gasteiger partial charge in [0.1, 0.15) is 0 Å². The molecular formula is C12H18O3W. The fraction of sp³-hybridized carbons (Fsp3) is 0.750. The Morgan fingerprint density at radius 1 is 1.25 bits per heavy atom. The van der Waals surface area contributed by atoms with Crippen molar-refractivity contribution < 1.29 is 36.1 Å². The zero-order valence-corrected chi connectivity index (χ0v) is 12.2. The van der Waals surface area contributed by atoms with Crippen LogP contribution in [-0.4, -0.2) is 21.6 Å². The normalized spacial score (nSPS) is 29.2. The van der Waals surface area contributed by atoms with Gasteiger partial charge in [-0.2, -0.15) is 0 Å². The van der Waals surface area contributed by atoms with E-state index >= 15 is 0 Å². The van der Waals surface area contributed by atoms with Crippen LogP contribution in [0.4, 0.5) is 0 Å². The van der Waals surface area contributed by atoms with Gasteiger partial charge in [0, 0.05) is 33.6 Å². The average molecular weight is 394 g/mol. The molecule has 0 amide bonds. The quantitative estimate of drug-likeness (QED) is 0.717. The number of allylic oxidation sites excluding steroid dienone is 2. The van der Waals surface area contributed by atoms with Gasteiger partial charge in [-0.25, -0.2) is 0 Å². The summed E-state index contributed by atoms with van der Waals surface area (Å²) in [5.41, 5.74) is -0.799. The van der Waals surface area contributed by atoms with Crippen LogP contribution < -0.4 is 0 Å². The minimum Gasteiger partial charge on any atom is -0.512 e. The summed E-state index contributed by atoms with van der Waals surface area (Å²) in [7, 11) is 0. The summed E-state index contributed by atoms with van der Waals surface area (Å²) >= 11 is 0. The fourth-order valence-electron chi connectivity index (χ4n) is 2.82. The van der Waals surface area contributed by atoms with E-state index in [1.54, 1.807) is 0 Å². The second-order valence-corrected chi connectivity index (χ2v) is 4.79. The third-order valence-electron chi connectivity index (χ3n) is 3.71. The molecule has 2 aliphatic carbocycles. The molecule has 3 nitrogen and oxygen atoms in total. The van der Waals surface area contributed by atoms with E-state index in [9.17, 15) is 15.0 Å². The number of aliphatic hydroxyl groups is 2. The molecule has 16 heavy (non-hydrogen) atoms. The topological polar surface area (TPSA) is 57.5 Å². The van der Waals surface area contributed by atoms with Crippen molar-refractivity contribution in [3.63, 3.8) is 0 Å². The van der Waals surface area contributed by atoms with Gasteiger partial charge in [-0.1, -0.05) is 19.3 Å². The van der Waals surface area contributed by atoms with Gasteiger partial charge >= 0.3 is 0 Å². The van der Waals surface area contributed by atoms with Crippen molar-refractivity contribution in [2.75, 3.05) is 0 Å². The molecule has 0 aromatic carbocycles. The molecule has 1 saturated carbocycles. The van der Waals surface area contributed by atoms with Crippen LogP contribution in [0.1, 0.15) is 44.9 Å². The fourth-order valence-corrected chi connectivity index (χ4v) is 2.82. The molecule has 90 valence electrons. The molecule has 0 aromatic heterocycles. The smallest absolute Gasteiger partial charge is 0.164 e. The van der Waals surface area contributed by atoms with E-state index < -0.39 is 5.60 Å². The van der Waals surface area contributed by atoms with Crippen molar-refractivity contribution in [3.8, 4) is 0 Å². The van der Waals surface area contributed by atoms with Crippen molar-refractivity contribution in [2.45, 2.75) is 50.5 Å². The van der Waals surface area contributed by atoms with E-state index in [0.717, 1.165) is 32.1 Å². The van der Waals surface area contributed by atoms with E-state index in [1.807, 2.05) is 0 Å². The molecule has 0 aliphatic heterocycles. The van der Waals surface area contributed by atoms with Gasteiger partial charge in [-0.15, -0.1) is 0 Å². The van der Waals surface area contributed by atoms with E-state index in [1.165, 1.54) is 6.08 Å². The Hall–Kier alpha value is -0.142. The van der Waals surface area contributed by atoms with Crippen LogP contribution in [0.15, 0.2) is 11.8 Å². The number of aliphatic hydroxyl groups excluding tert-OH is 1. The summed E-state index contributed by atoms with van der Waals surface area (Å²) in [5.74, 6) is -0.215. The second-order valence-electron chi connectivity index (χ2n) is 4.79. The molecule has 0 bridgehead atoms. The molecule has 2 rings (SSSR count). The van der Waals surface area contributed by atoms with Crippen molar-refractivity contribution in [1.82, 2.24) is 0 Å². The van der Waals surface area contributed by atoms with E-state index in [-0.39, 0.29) is 38.5 Å². The summed E-state index contributed by atoms with van der Waals surface area (Å²) in [4.78, 5) is 11.7. The molecule has 0 saturated heterocycles. The molecule has 1 unspecified atom stereocenters. The van der Waals surface area contributed by atoms with Crippen LogP contribution in [0.25, 0.3) is 0 Å². The maximum absolute atomic E-state index is 11.7. The molecule has 2 aliphatic rings. The van der Waals surface area contributed by atoms with Gasteiger partial charge in [0.05, 0.1) is 17.3 Å². The van der Waals surface area contributed by atoms with Crippen LogP contribution in [0.5, 0.6) is 0 Å². The van der Waals surface area contributed by atoms with Crippen molar-refractivity contribution >= 4 is 5.78 Å². The third-order valence-corrected chi connectivity index (χ3v) is 3.71. The second kappa shape index (κ2) is 5.46. The Kier molecular flexibility index (Phi) is 4.75. The molecule has 0 spiro atoms. The van der Waals surface area contributed by atoms with Crippen molar-refractivity contribution in [2.24, 2.45) is 5.92 Å². The zero-order valence-electron chi connectivity index (χ0n) is 9.32. The van der Waals surface area contributed by atoms with Crippen LogP contribution in [0, 0.1) is 5.92 Å². The summed E-state index contributed by atoms with van der Waals surface area (Å²) in [6.45, 7) is 0. The molecule has 2 N–H and O–H groups in total. The van der Waals surface area contributed by atoms with E-state index in [4.69, 9.17) is 0 Å².